The molecule has 0 aliphatic heterocycles. The number of nitrogens with two attached hydrogens (primary N) is 1. The van der Waals surface area contributed by atoms with Crippen molar-refractivity contribution in [3.8, 4) is 0 Å². The molecule has 4 heteroatoms. The molecule has 0 aliphatic carbocycles. The van der Waals surface area contributed by atoms with Gasteiger partial charge in [-0.15, -0.1) is 0 Å². The van der Waals surface area contributed by atoms with Crippen LogP contribution in [-0.4, -0.2) is 9.78 Å². The molecule has 0 spiro atoms. The third kappa shape index (κ3) is 2.66. The first kappa shape index (κ1) is 9.92. The van der Waals surface area contributed by atoms with Crippen molar-refractivity contribution in [2.24, 2.45) is 11.7 Å². The highest BCUT2D eigenvalue weighted by Gasteiger charge is 2.01. The molecule has 1 aromatic heterocycles. The molecule has 0 atom stereocenters. The van der Waals surface area contributed by atoms with Crippen LogP contribution in [0.2, 0.25) is 0 Å². The van der Waals surface area contributed by atoms with Gasteiger partial charge < -0.3 is 5.73 Å². The zero-order valence-electron chi connectivity index (χ0n) is 8.03. The Labute approximate surface area is 77.4 Å². The fourth-order valence-corrected chi connectivity index (χ4v) is 1.08. The predicted octanol–water partition coefficient (Wildman–Crippen LogP) is 0.358. The maximum Gasteiger partial charge on any atom is 0.266 e. The zero-order valence-corrected chi connectivity index (χ0v) is 8.03. The van der Waals surface area contributed by atoms with E-state index in [2.05, 4.69) is 5.10 Å². The summed E-state index contributed by atoms with van der Waals surface area (Å²) in [6, 6.07) is 3.18. The number of nitrogens with zero attached hydrogens (tertiary/aromatic N) is 2. The highest BCUT2D eigenvalue weighted by molar-refractivity contribution is 4.99. The molecular weight excluding hydrogens is 166 g/mol. The third-order valence-electron chi connectivity index (χ3n) is 1.67. The van der Waals surface area contributed by atoms with Crippen molar-refractivity contribution in [3.05, 3.63) is 28.2 Å². The molecule has 0 bridgehead atoms. The highest BCUT2D eigenvalue weighted by atomic mass is 16.1. The summed E-state index contributed by atoms with van der Waals surface area (Å²) in [6.45, 7) is 5.11. The first-order chi connectivity index (χ1) is 6.13. The minimum absolute atomic E-state index is 0.0640. The molecule has 4 nitrogen and oxygen atoms in total. The van der Waals surface area contributed by atoms with Crippen molar-refractivity contribution in [2.45, 2.75) is 26.9 Å². The fourth-order valence-electron chi connectivity index (χ4n) is 1.08. The van der Waals surface area contributed by atoms with Gasteiger partial charge in [-0.2, -0.15) is 5.10 Å². The van der Waals surface area contributed by atoms with E-state index >= 15 is 0 Å². The normalized spacial score (nSPS) is 10.8. The molecule has 13 heavy (non-hydrogen) atoms. The minimum atomic E-state index is -0.0640. The lowest BCUT2D eigenvalue weighted by molar-refractivity contribution is 0.458. The summed E-state index contributed by atoms with van der Waals surface area (Å²) >= 11 is 0. The number of rotatable bonds is 3. The second kappa shape index (κ2) is 4.18. The van der Waals surface area contributed by atoms with Gasteiger partial charge in [-0.3, -0.25) is 4.79 Å². The largest absolute Gasteiger partial charge is 0.325 e. The maximum absolute atomic E-state index is 11.3. The minimum Gasteiger partial charge on any atom is -0.325 e. The maximum atomic E-state index is 11.3. The molecule has 0 unspecified atom stereocenters. The quantitative estimate of drug-likeness (QED) is 0.732. The monoisotopic (exact) mass is 181 g/mol. The Morgan fingerprint density at radius 1 is 1.54 bits per heavy atom. The molecule has 2 N–H and O–H groups in total. The van der Waals surface area contributed by atoms with Gasteiger partial charge in [0.2, 0.25) is 0 Å². The molecule has 1 aromatic rings. The van der Waals surface area contributed by atoms with E-state index in [1.165, 1.54) is 10.7 Å². The molecule has 0 saturated carbocycles. The molecule has 72 valence electrons. The average molecular weight is 181 g/mol. The van der Waals surface area contributed by atoms with E-state index in [9.17, 15) is 4.79 Å². The summed E-state index contributed by atoms with van der Waals surface area (Å²) in [5.41, 5.74) is 6.11. The van der Waals surface area contributed by atoms with Crippen LogP contribution >= 0.6 is 0 Å². The van der Waals surface area contributed by atoms with Gasteiger partial charge in [0, 0.05) is 19.2 Å². The molecular formula is C9H15N3O. The second-order valence-electron chi connectivity index (χ2n) is 3.44. The van der Waals surface area contributed by atoms with Crippen molar-refractivity contribution in [2.75, 3.05) is 0 Å². The summed E-state index contributed by atoms with van der Waals surface area (Å²) in [5, 5.41) is 4.11. The Morgan fingerprint density at radius 2 is 2.23 bits per heavy atom. The SMILES string of the molecule is CC(C)Cn1nc(CN)ccc1=O. The lowest BCUT2D eigenvalue weighted by Crippen LogP contribution is -2.25. The van der Waals surface area contributed by atoms with Crippen LogP contribution < -0.4 is 11.3 Å². The van der Waals surface area contributed by atoms with Gasteiger partial charge in [-0.1, -0.05) is 13.8 Å². The summed E-state index contributed by atoms with van der Waals surface area (Å²) in [6.07, 6.45) is 0. The topological polar surface area (TPSA) is 60.9 Å². The van der Waals surface area contributed by atoms with Crippen molar-refractivity contribution in [1.29, 1.82) is 0 Å². The van der Waals surface area contributed by atoms with Gasteiger partial charge in [-0.25, -0.2) is 4.68 Å². The van der Waals surface area contributed by atoms with Gasteiger partial charge in [0.05, 0.1) is 5.69 Å². The molecule has 0 amide bonds. The summed E-state index contributed by atoms with van der Waals surface area (Å²) in [4.78, 5) is 11.3. The van der Waals surface area contributed by atoms with Crippen LogP contribution in [0, 0.1) is 5.92 Å². The van der Waals surface area contributed by atoms with Crippen molar-refractivity contribution >= 4 is 0 Å². The lowest BCUT2D eigenvalue weighted by atomic mass is 10.2. The molecule has 1 heterocycles. The van der Waals surface area contributed by atoms with Crippen LogP contribution in [0.1, 0.15) is 19.5 Å². The standard InChI is InChI=1S/C9H15N3O/c1-7(2)6-12-9(13)4-3-8(5-10)11-12/h3-4,7H,5-6,10H2,1-2H3. The van der Waals surface area contributed by atoms with Crippen LogP contribution in [0.4, 0.5) is 0 Å². The second-order valence-corrected chi connectivity index (χ2v) is 3.44. The number of hydrogen-bond donors (Lipinski definition) is 1. The van der Waals surface area contributed by atoms with E-state index in [-0.39, 0.29) is 5.56 Å². The summed E-state index contributed by atoms with van der Waals surface area (Å²) in [5.74, 6) is 0.415. The fraction of sp³-hybridized carbons (Fsp3) is 0.556. The number of hydrogen-bond acceptors (Lipinski definition) is 3. The molecule has 0 fully saturated rings. The van der Waals surface area contributed by atoms with Crippen molar-refractivity contribution in [3.63, 3.8) is 0 Å². The van der Waals surface area contributed by atoms with Crippen LogP contribution in [0.25, 0.3) is 0 Å². The van der Waals surface area contributed by atoms with Crippen LogP contribution in [0.3, 0.4) is 0 Å². The molecule has 0 aromatic carbocycles. The van der Waals surface area contributed by atoms with Gasteiger partial charge in [0.1, 0.15) is 0 Å². The Hall–Kier alpha value is -1.16. The van der Waals surface area contributed by atoms with E-state index in [1.54, 1.807) is 6.07 Å². The van der Waals surface area contributed by atoms with Crippen LogP contribution in [0.5, 0.6) is 0 Å². The summed E-state index contributed by atoms with van der Waals surface area (Å²) < 4.78 is 1.47. The summed E-state index contributed by atoms with van der Waals surface area (Å²) in [7, 11) is 0. The molecule has 0 radical (unpaired) electrons. The Morgan fingerprint density at radius 3 is 2.77 bits per heavy atom. The Balaban J connectivity index is 2.97. The van der Waals surface area contributed by atoms with E-state index in [4.69, 9.17) is 5.73 Å². The van der Waals surface area contributed by atoms with Crippen LogP contribution in [0.15, 0.2) is 16.9 Å². The predicted molar refractivity (Wildman–Crippen MR) is 51.2 cm³/mol. The van der Waals surface area contributed by atoms with E-state index in [0.717, 1.165) is 5.69 Å². The number of aromatic nitrogens is 2. The Bertz CT molecular complexity index is 330. The van der Waals surface area contributed by atoms with Gasteiger partial charge in [0.25, 0.3) is 5.56 Å². The lowest BCUT2D eigenvalue weighted by Gasteiger charge is -2.07. The molecule has 0 saturated heterocycles. The van der Waals surface area contributed by atoms with Gasteiger partial charge >= 0.3 is 0 Å². The van der Waals surface area contributed by atoms with Gasteiger partial charge in [0.15, 0.2) is 0 Å². The van der Waals surface area contributed by atoms with Crippen molar-refractivity contribution < 1.29 is 0 Å². The average Bonchev–Trinajstić information content (AvgIpc) is 2.08. The van der Waals surface area contributed by atoms with E-state index < -0.39 is 0 Å². The zero-order chi connectivity index (χ0) is 9.84. The van der Waals surface area contributed by atoms with E-state index in [0.29, 0.717) is 19.0 Å². The van der Waals surface area contributed by atoms with Gasteiger partial charge in [-0.05, 0) is 12.0 Å². The first-order valence-electron chi connectivity index (χ1n) is 4.40. The smallest absolute Gasteiger partial charge is 0.266 e. The van der Waals surface area contributed by atoms with Crippen molar-refractivity contribution in [1.82, 2.24) is 9.78 Å². The molecule has 0 aliphatic rings. The first-order valence-corrected chi connectivity index (χ1v) is 4.40. The van der Waals surface area contributed by atoms with Crippen LogP contribution in [-0.2, 0) is 13.1 Å². The highest BCUT2D eigenvalue weighted by Crippen LogP contribution is 1.95. The van der Waals surface area contributed by atoms with E-state index in [1.807, 2.05) is 13.8 Å². The third-order valence-corrected chi connectivity index (χ3v) is 1.67. The Kier molecular flexibility index (Phi) is 3.19. The molecule has 1 rings (SSSR count).